The van der Waals surface area contributed by atoms with Gasteiger partial charge in [-0.05, 0) is 38.1 Å². The summed E-state index contributed by atoms with van der Waals surface area (Å²) in [5, 5.41) is 3.58. The Kier molecular flexibility index (Phi) is 3.38. The van der Waals surface area contributed by atoms with Gasteiger partial charge in [-0.2, -0.15) is 0 Å². The first-order valence-electron chi connectivity index (χ1n) is 4.93. The van der Waals surface area contributed by atoms with Gasteiger partial charge in [0.2, 0.25) is 0 Å². The Bertz CT molecular complexity index is 105. The summed E-state index contributed by atoms with van der Waals surface area (Å²) in [5.74, 6) is 1.77. The molecule has 0 aromatic rings. The van der Waals surface area contributed by atoms with Crippen molar-refractivity contribution >= 4 is 0 Å². The number of hydrogen-bond acceptors (Lipinski definition) is 1. The molecule has 0 radical (unpaired) electrons. The zero-order valence-electron chi connectivity index (χ0n) is 8.06. The van der Waals surface area contributed by atoms with E-state index in [1.165, 1.54) is 25.8 Å². The first-order chi connectivity index (χ1) is 5.20. The molecule has 1 atom stereocenters. The Hall–Kier alpha value is -0.0400. The van der Waals surface area contributed by atoms with E-state index in [9.17, 15) is 0 Å². The third-order valence-electron chi connectivity index (χ3n) is 2.95. The Balaban J connectivity index is 2.01. The molecule has 66 valence electrons. The molecule has 1 saturated carbocycles. The van der Waals surface area contributed by atoms with Crippen LogP contribution >= 0.6 is 0 Å². The van der Waals surface area contributed by atoms with Crippen molar-refractivity contribution in [3.05, 3.63) is 0 Å². The maximum Gasteiger partial charge on any atom is 0.00618 e. The Morgan fingerprint density at radius 1 is 1.27 bits per heavy atom. The lowest BCUT2D eigenvalue weighted by atomic mass is 9.85. The van der Waals surface area contributed by atoms with Gasteiger partial charge in [-0.1, -0.05) is 20.3 Å². The minimum absolute atomic E-state index is 0.690. The van der Waals surface area contributed by atoms with Crippen molar-refractivity contribution in [1.29, 1.82) is 0 Å². The fraction of sp³-hybridized carbons (Fsp3) is 1.00. The van der Waals surface area contributed by atoms with Crippen molar-refractivity contribution in [3.8, 4) is 0 Å². The van der Waals surface area contributed by atoms with E-state index in [1.807, 2.05) is 0 Å². The number of nitrogens with one attached hydrogen (secondary N) is 1. The molecule has 1 N–H and O–H groups in total. The molecule has 11 heavy (non-hydrogen) atoms. The van der Waals surface area contributed by atoms with Crippen molar-refractivity contribution in [2.24, 2.45) is 11.8 Å². The summed E-state index contributed by atoms with van der Waals surface area (Å²) in [7, 11) is 0. The van der Waals surface area contributed by atoms with Crippen molar-refractivity contribution in [3.63, 3.8) is 0 Å². The second-order valence-electron chi connectivity index (χ2n) is 4.24. The fourth-order valence-corrected chi connectivity index (χ4v) is 1.29. The smallest absolute Gasteiger partial charge is 0.00618 e. The fourth-order valence-electron chi connectivity index (χ4n) is 1.29. The first-order valence-corrected chi connectivity index (χ1v) is 4.93. The van der Waals surface area contributed by atoms with Gasteiger partial charge < -0.3 is 5.32 Å². The van der Waals surface area contributed by atoms with E-state index in [2.05, 4.69) is 26.1 Å². The predicted octanol–water partition coefficient (Wildman–Crippen LogP) is 2.42. The highest BCUT2D eigenvalue weighted by Crippen LogP contribution is 2.25. The Morgan fingerprint density at radius 2 is 1.91 bits per heavy atom. The van der Waals surface area contributed by atoms with Gasteiger partial charge in [-0.3, -0.25) is 0 Å². The molecule has 0 amide bonds. The van der Waals surface area contributed by atoms with Crippen LogP contribution in [0.5, 0.6) is 0 Å². The highest BCUT2D eigenvalue weighted by Gasteiger charge is 2.17. The average Bonchev–Trinajstić information content (AvgIpc) is 1.83. The summed E-state index contributed by atoms with van der Waals surface area (Å²) in [5.41, 5.74) is 0. The van der Waals surface area contributed by atoms with Gasteiger partial charge in [-0.15, -0.1) is 0 Å². The quantitative estimate of drug-likeness (QED) is 0.657. The van der Waals surface area contributed by atoms with E-state index < -0.39 is 0 Å². The molecule has 0 heterocycles. The van der Waals surface area contributed by atoms with Crippen LogP contribution < -0.4 is 5.32 Å². The molecule has 0 aromatic heterocycles. The van der Waals surface area contributed by atoms with Gasteiger partial charge in [0.15, 0.2) is 0 Å². The molecule has 1 heteroatoms. The van der Waals surface area contributed by atoms with Gasteiger partial charge >= 0.3 is 0 Å². The molecule has 1 aliphatic carbocycles. The lowest BCUT2D eigenvalue weighted by molar-refractivity contribution is 0.278. The third-order valence-corrected chi connectivity index (χ3v) is 2.95. The van der Waals surface area contributed by atoms with E-state index in [0.29, 0.717) is 6.04 Å². The summed E-state index contributed by atoms with van der Waals surface area (Å²) in [6, 6.07) is 0.690. The lowest BCUT2D eigenvalue weighted by Gasteiger charge is -2.28. The van der Waals surface area contributed by atoms with Gasteiger partial charge in [0.05, 0.1) is 0 Å². The van der Waals surface area contributed by atoms with Crippen molar-refractivity contribution in [2.75, 3.05) is 6.54 Å². The summed E-state index contributed by atoms with van der Waals surface area (Å²) in [6.07, 6.45) is 4.37. The second-order valence-corrected chi connectivity index (χ2v) is 4.24. The molecule has 0 bridgehead atoms. The summed E-state index contributed by atoms with van der Waals surface area (Å²) >= 11 is 0. The minimum atomic E-state index is 0.690. The van der Waals surface area contributed by atoms with Crippen molar-refractivity contribution < 1.29 is 0 Å². The van der Waals surface area contributed by atoms with Crippen LogP contribution in [0.25, 0.3) is 0 Å². The monoisotopic (exact) mass is 155 g/mol. The Morgan fingerprint density at radius 3 is 2.27 bits per heavy atom. The van der Waals surface area contributed by atoms with E-state index in [-0.39, 0.29) is 0 Å². The van der Waals surface area contributed by atoms with Crippen LogP contribution in [0.15, 0.2) is 0 Å². The Labute approximate surface area is 70.6 Å². The van der Waals surface area contributed by atoms with E-state index in [1.54, 1.807) is 0 Å². The molecular weight excluding hydrogens is 134 g/mol. The van der Waals surface area contributed by atoms with E-state index in [0.717, 1.165) is 11.8 Å². The molecule has 0 aliphatic heterocycles. The molecular formula is C10H21N. The number of hydrogen-bond donors (Lipinski definition) is 1. The topological polar surface area (TPSA) is 12.0 Å². The molecule has 1 nitrogen and oxygen atoms in total. The SMILES string of the molecule is CC(C)[C@H](C)NCC1CCC1. The normalized spacial score (nSPS) is 21.8. The van der Waals surface area contributed by atoms with Crippen molar-refractivity contribution in [2.45, 2.75) is 46.1 Å². The largest absolute Gasteiger partial charge is 0.314 e. The first kappa shape index (κ1) is 9.05. The van der Waals surface area contributed by atoms with E-state index in [4.69, 9.17) is 0 Å². The summed E-state index contributed by atoms with van der Waals surface area (Å²) in [4.78, 5) is 0. The van der Waals surface area contributed by atoms with Crippen LogP contribution in [-0.2, 0) is 0 Å². The molecule has 0 spiro atoms. The lowest BCUT2D eigenvalue weighted by Crippen LogP contribution is -2.36. The van der Waals surface area contributed by atoms with Crippen LogP contribution in [0.1, 0.15) is 40.0 Å². The third kappa shape index (κ3) is 2.82. The standard InChI is InChI=1S/C10H21N/c1-8(2)9(3)11-7-10-5-4-6-10/h8-11H,4-7H2,1-3H3/t9-/m0/s1. The minimum Gasteiger partial charge on any atom is -0.314 e. The molecule has 1 fully saturated rings. The van der Waals surface area contributed by atoms with Crippen molar-refractivity contribution in [1.82, 2.24) is 5.32 Å². The van der Waals surface area contributed by atoms with Crippen LogP contribution in [-0.4, -0.2) is 12.6 Å². The van der Waals surface area contributed by atoms with Gasteiger partial charge in [-0.25, -0.2) is 0 Å². The van der Waals surface area contributed by atoms with Gasteiger partial charge in [0, 0.05) is 6.04 Å². The zero-order valence-corrected chi connectivity index (χ0v) is 8.06. The molecule has 0 unspecified atom stereocenters. The maximum atomic E-state index is 3.58. The molecule has 0 saturated heterocycles. The van der Waals surface area contributed by atoms with E-state index >= 15 is 0 Å². The van der Waals surface area contributed by atoms with Crippen LogP contribution in [0.3, 0.4) is 0 Å². The van der Waals surface area contributed by atoms with Gasteiger partial charge in [0.1, 0.15) is 0 Å². The average molecular weight is 155 g/mol. The molecule has 1 aliphatic rings. The van der Waals surface area contributed by atoms with Crippen LogP contribution in [0.2, 0.25) is 0 Å². The number of rotatable bonds is 4. The predicted molar refractivity (Wildman–Crippen MR) is 49.6 cm³/mol. The maximum absolute atomic E-state index is 3.58. The summed E-state index contributed by atoms with van der Waals surface area (Å²) < 4.78 is 0. The highest BCUT2D eigenvalue weighted by atomic mass is 14.9. The highest BCUT2D eigenvalue weighted by molar-refractivity contribution is 4.74. The van der Waals surface area contributed by atoms with Crippen LogP contribution in [0, 0.1) is 11.8 Å². The second kappa shape index (κ2) is 4.10. The van der Waals surface area contributed by atoms with Crippen LogP contribution in [0.4, 0.5) is 0 Å². The molecule has 1 rings (SSSR count). The zero-order chi connectivity index (χ0) is 8.27. The van der Waals surface area contributed by atoms with Gasteiger partial charge in [0.25, 0.3) is 0 Å². The summed E-state index contributed by atoms with van der Waals surface area (Å²) in [6.45, 7) is 8.08. The molecule has 0 aromatic carbocycles.